The van der Waals surface area contributed by atoms with E-state index in [-0.39, 0.29) is 5.91 Å². The molecule has 30 heavy (non-hydrogen) atoms. The highest BCUT2D eigenvalue weighted by Gasteiger charge is 2.34. The van der Waals surface area contributed by atoms with Crippen molar-refractivity contribution >= 4 is 23.2 Å². The summed E-state index contributed by atoms with van der Waals surface area (Å²) in [6, 6.07) is 10.6. The highest BCUT2D eigenvalue weighted by atomic mass is 16.6. The number of benzene rings is 2. The lowest BCUT2D eigenvalue weighted by Crippen LogP contribution is -2.31. The Labute approximate surface area is 171 Å². The number of nitrogens with zero attached hydrogens (tertiary/aromatic N) is 4. The van der Waals surface area contributed by atoms with Crippen molar-refractivity contribution in [2.24, 2.45) is 0 Å². The number of nitro benzene ring substituents is 1. The molecule has 0 saturated heterocycles. The lowest BCUT2D eigenvalue weighted by molar-refractivity contribution is -0.385. The minimum absolute atomic E-state index is 0.328. The fourth-order valence-corrected chi connectivity index (χ4v) is 3.47. The van der Waals surface area contributed by atoms with Crippen LogP contribution in [0, 0.1) is 17.0 Å². The van der Waals surface area contributed by atoms with Crippen LogP contribution in [0.1, 0.15) is 24.1 Å². The third-order valence-electron chi connectivity index (χ3n) is 4.83. The van der Waals surface area contributed by atoms with Crippen LogP contribution in [0.25, 0.3) is 0 Å². The molecular weight excluding hydrogens is 388 g/mol. The Hall–Kier alpha value is -4.21. The molecule has 152 valence electrons. The molecule has 10 heteroatoms. The molecule has 1 atom stereocenters. The number of rotatable bonds is 4. The van der Waals surface area contributed by atoms with Crippen LogP contribution in [0.3, 0.4) is 0 Å². The second-order valence-electron chi connectivity index (χ2n) is 6.92. The maximum absolute atomic E-state index is 13.2. The monoisotopic (exact) mass is 406 g/mol. The molecule has 0 fully saturated rings. The SMILES string of the molecule is CC1=C(C(=O)Nc2cccc(C)c2)C(c2ccc(O)c([N+](=O)[O-])c2)n2ncnc2N1. The molecule has 2 heterocycles. The summed E-state index contributed by atoms with van der Waals surface area (Å²) in [6.07, 6.45) is 1.33. The number of hydrogen-bond acceptors (Lipinski definition) is 7. The van der Waals surface area contributed by atoms with E-state index in [0.29, 0.717) is 28.5 Å². The second-order valence-corrected chi connectivity index (χ2v) is 6.92. The van der Waals surface area contributed by atoms with Crippen LogP contribution in [0.2, 0.25) is 0 Å². The topological polar surface area (TPSA) is 135 Å². The summed E-state index contributed by atoms with van der Waals surface area (Å²) in [5.74, 6) is -0.434. The van der Waals surface area contributed by atoms with E-state index >= 15 is 0 Å². The molecule has 0 bridgehead atoms. The number of carbonyl (C=O) groups excluding carboxylic acids is 1. The quantitative estimate of drug-likeness (QED) is 0.447. The number of anilines is 2. The number of fused-ring (bicyclic) bond motifs is 1. The molecule has 0 radical (unpaired) electrons. The number of aromatic hydroxyl groups is 1. The zero-order chi connectivity index (χ0) is 21.4. The summed E-state index contributed by atoms with van der Waals surface area (Å²) in [5, 5.41) is 31.2. The summed E-state index contributed by atoms with van der Waals surface area (Å²) in [6.45, 7) is 3.65. The van der Waals surface area contributed by atoms with Gasteiger partial charge in [-0.05, 0) is 43.2 Å². The van der Waals surface area contributed by atoms with E-state index in [4.69, 9.17) is 0 Å². The van der Waals surface area contributed by atoms with Gasteiger partial charge in [0.1, 0.15) is 12.4 Å². The van der Waals surface area contributed by atoms with Crippen molar-refractivity contribution in [1.29, 1.82) is 0 Å². The number of hydrogen-bond donors (Lipinski definition) is 3. The summed E-state index contributed by atoms with van der Waals surface area (Å²) in [5.41, 5.74) is 2.45. The molecule has 1 aliphatic heterocycles. The number of allylic oxidation sites excluding steroid dienone is 1. The fourth-order valence-electron chi connectivity index (χ4n) is 3.47. The van der Waals surface area contributed by atoms with Crippen LogP contribution >= 0.6 is 0 Å². The zero-order valence-corrected chi connectivity index (χ0v) is 16.2. The zero-order valence-electron chi connectivity index (χ0n) is 16.2. The standard InChI is InChI=1S/C20H18N6O4/c1-11-4-3-5-14(8-11)24-19(28)17-12(2)23-20-21-10-22-25(20)18(17)13-6-7-16(27)15(9-13)26(29)30/h3-10,18,27H,1-2H3,(H,24,28)(H,21,22,23). The third-order valence-corrected chi connectivity index (χ3v) is 4.83. The van der Waals surface area contributed by atoms with Gasteiger partial charge in [-0.1, -0.05) is 18.2 Å². The number of aryl methyl sites for hydroxylation is 1. The first-order valence-corrected chi connectivity index (χ1v) is 9.08. The van der Waals surface area contributed by atoms with Crippen molar-refractivity contribution in [3.05, 3.63) is 81.3 Å². The van der Waals surface area contributed by atoms with Crippen LogP contribution in [-0.4, -0.2) is 30.7 Å². The van der Waals surface area contributed by atoms with E-state index in [1.165, 1.54) is 29.2 Å². The number of aromatic nitrogens is 3. The van der Waals surface area contributed by atoms with E-state index in [0.717, 1.165) is 5.56 Å². The first kappa shape index (κ1) is 19.1. The second kappa shape index (κ2) is 7.32. The number of nitro groups is 1. The van der Waals surface area contributed by atoms with Crippen LogP contribution in [-0.2, 0) is 4.79 Å². The Bertz CT molecular complexity index is 1200. The van der Waals surface area contributed by atoms with Gasteiger partial charge in [-0.2, -0.15) is 10.1 Å². The van der Waals surface area contributed by atoms with Crippen LogP contribution in [0.5, 0.6) is 5.75 Å². The molecule has 1 aliphatic rings. The van der Waals surface area contributed by atoms with Crippen molar-refractivity contribution in [3.8, 4) is 5.75 Å². The van der Waals surface area contributed by atoms with E-state index < -0.39 is 22.4 Å². The molecule has 1 aromatic heterocycles. The van der Waals surface area contributed by atoms with Gasteiger partial charge in [0.2, 0.25) is 5.95 Å². The molecule has 3 N–H and O–H groups in total. The largest absolute Gasteiger partial charge is 0.502 e. The van der Waals surface area contributed by atoms with Gasteiger partial charge >= 0.3 is 5.69 Å². The van der Waals surface area contributed by atoms with Gasteiger partial charge in [0.05, 0.1) is 10.5 Å². The molecule has 1 amide bonds. The Morgan fingerprint density at radius 1 is 1.27 bits per heavy atom. The number of phenolic OH excluding ortho intramolecular Hbond substituents is 1. The number of phenols is 1. The fraction of sp³-hybridized carbons (Fsp3) is 0.150. The molecule has 2 aromatic carbocycles. The highest BCUT2D eigenvalue weighted by molar-refractivity contribution is 6.06. The van der Waals surface area contributed by atoms with Crippen molar-refractivity contribution < 1.29 is 14.8 Å². The van der Waals surface area contributed by atoms with Gasteiger partial charge in [0, 0.05) is 17.5 Å². The number of amides is 1. The molecule has 0 spiro atoms. The minimum atomic E-state index is -0.771. The molecule has 0 saturated carbocycles. The van der Waals surface area contributed by atoms with Crippen molar-refractivity contribution in [3.63, 3.8) is 0 Å². The summed E-state index contributed by atoms with van der Waals surface area (Å²) in [4.78, 5) is 28.0. The first-order valence-electron chi connectivity index (χ1n) is 9.08. The number of nitrogens with one attached hydrogen (secondary N) is 2. The molecule has 0 aliphatic carbocycles. The predicted octanol–water partition coefficient (Wildman–Crippen LogP) is 3.13. The van der Waals surface area contributed by atoms with Crippen LogP contribution in [0.4, 0.5) is 17.3 Å². The maximum Gasteiger partial charge on any atom is 0.311 e. The average Bonchev–Trinajstić information content (AvgIpc) is 3.15. The van der Waals surface area contributed by atoms with Gasteiger partial charge in [-0.25, -0.2) is 4.68 Å². The predicted molar refractivity (Wildman–Crippen MR) is 109 cm³/mol. The van der Waals surface area contributed by atoms with Gasteiger partial charge in [-0.15, -0.1) is 0 Å². The molecule has 4 rings (SSSR count). The van der Waals surface area contributed by atoms with Crippen molar-refractivity contribution in [1.82, 2.24) is 14.8 Å². The van der Waals surface area contributed by atoms with Gasteiger partial charge in [0.15, 0.2) is 5.75 Å². The summed E-state index contributed by atoms with van der Waals surface area (Å²) in [7, 11) is 0. The maximum atomic E-state index is 13.2. The molecular formula is C20H18N6O4. The van der Waals surface area contributed by atoms with E-state index in [9.17, 15) is 20.0 Å². The van der Waals surface area contributed by atoms with Gasteiger partial charge in [-0.3, -0.25) is 14.9 Å². The lowest BCUT2D eigenvalue weighted by atomic mass is 9.94. The molecule has 3 aromatic rings. The smallest absolute Gasteiger partial charge is 0.311 e. The van der Waals surface area contributed by atoms with Crippen molar-refractivity contribution in [2.75, 3.05) is 10.6 Å². The minimum Gasteiger partial charge on any atom is -0.502 e. The van der Waals surface area contributed by atoms with E-state index in [2.05, 4.69) is 20.7 Å². The Kier molecular flexibility index (Phi) is 4.66. The Morgan fingerprint density at radius 2 is 2.07 bits per heavy atom. The first-order chi connectivity index (χ1) is 14.3. The van der Waals surface area contributed by atoms with Gasteiger partial charge < -0.3 is 15.7 Å². The summed E-state index contributed by atoms with van der Waals surface area (Å²) < 4.78 is 1.48. The number of carbonyl (C=O) groups is 1. The van der Waals surface area contributed by atoms with E-state index in [1.54, 1.807) is 13.0 Å². The lowest BCUT2D eigenvalue weighted by Gasteiger charge is -2.28. The molecule has 10 nitrogen and oxygen atoms in total. The van der Waals surface area contributed by atoms with Crippen molar-refractivity contribution in [2.45, 2.75) is 19.9 Å². The Morgan fingerprint density at radius 3 is 2.80 bits per heavy atom. The van der Waals surface area contributed by atoms with E-state index in [1.807, 2.05) is 25.1 Å². The average molecular weight is 406 g/mol. The van der Waals surface area contributed by atoms with Crippen LogP contribution < -0.4 is 10.6 Å². The third kappa shape index (κ3) is 3.34. The Balaban J connectivity index is 1.81. The summed E-state index contributed by atoms with van der Waals surface area (Å²) >= 11 is 0. The van der Waals surface area contributed by atoms with Gasteiger partial charge in [0.25, 0.3) is 5.91 Å². The normalized spacial score (nSPS) is 15.3. The van der Waals surface area contributed by atoms with Crippen LogP contribution in [0.15, 0.2) is 60.1 Å². The highest BCUT2D eigenvalue weighted by Crippen LogP contribution is 2.38. The molecule has 1 unspecified atom stereocenters.